The lowest BCUT2D eigenvalue weighted by atomic mass is 10.1. The molecule has 0 spiro atoms. The van der Waals surface area contributed by atoms with Gasteiger partial charge in [0.2, 0.25) is 0 Å². The van der Waals surface area contributed by atoms with Crippen LogP contribution in [0.25, 0.3) is 0 Å². The average Bonchev–Trinajstić information content (AvgIpc) is 1.99. The minimum atomic E-state index is 0.473. The van der Waals surface area contributed by atoms with Crippen LogP contribution in [0.3, 0.4) is 0 Å². The summed E-state index contributed by atoms with van der Waals surface area (Å²) in [4.78, 5) is 0. The molecule has 0 saturated carbocycles. The molecule has 0 saturated heterocycles. The van der Waals surface area contributed by atoms with Gasteiger partial charge in [-0.1, -0.05) is 37.0 Å². The summed E-state index contributed by atoms with van der Waals surface area (Å²) in [7, 11) is 0. The zero-order valence-electron chi connectivity index (χ0n) is 7.20. The Labute approximate surface area is 78.8 Å². The fraction of sp³-hybridized carbons (Fsp3) is 0.750. The van der Waals surface area contributed by atoms with Crippen LogP contribution in [0.2, 0.25) is 0 Å². The number of hydrogen-bond donors (Lipinski definition) is 1. The molecule has 0 aromatic carbocycles. The lowest BCUT2D eigenvalue weighted by Crippen LogP contribution is -2.31. The van der Waals surface area contributed by atoms with E-state index in [1.165, 1.54) is 5.54 Å². The molecule has 0 fully saturated rings. The van der Waals surface area contributed by atoms with Crippen LogP contribution < -0.4 is 5.32 Å². The van der Waals surface area contributed by atoms with E-state index in [1.54, 1.807) is 0 Å². The third-order valence-corrected chi connectivity index (χ3v) is 2.33. The van der Waals surface area contributed by atoms with E-state index in [1.807, 2.05) is 0 Å². The quantitative estimate of drug-likeness (QED) is 0.728. The Bertz CT molecular complexity index is 132. The standard InChI is InChI=1S/C8H15Cl2N/c1-6(2)7(3)11-5-8(10)4-9/h4,6-7,11H,5H2,1-3H3. The van der Waals surface area contributed by atoms with Crippen LogP contribution in [-0.2, 0) is 0 Å². The molecule has 1 N–H and O–H groups in total. The number of hydrogen-bond acceptors (Lipinski definition) is 1. The lowest BCUT2D eigenvalue weighted by Gasteiger charge is -2.16. The Morgan fingerprint density at radius 1 is 1.45 bits per heavy atom. The Balaban J connectivity index is 3.54. The van der Waals surface area contributed by atoms with Gasteiger partial charge in [-0.25, -0.2) is 0 Å². The predicted octanol–water partition coefficient (Wildman–Crippen LogP) is 2.94. The predicted molar refractivity (Wildman–Crippen MR) is 52.1 cm³/mol. The molecule has 0 aliphatic rings. The molecule has 0 bridgehead atoms. The normalized spacial score (nSPS) is 15.6. The number of rotatable bonds is 4. The molecule has 0 amide bonds. The third kappa shape index (κ3) is 5.54. The van der Waals surface area contributed by atoms with E-state index in [9.17, 15) is 0 Å². The molecule has 0 rings (SSSR count). The van der Waals surface area contributed by atoms with Crippen molar-refractivity contribution < 1.29 is 0 Å². The molecule has 1 nitrogen and oxygen atoms in total. The second kappa shape index (κ2) is 5.87. The van der Waals surface area contributed by atoms with Gasteiger partial charge in [-0.2, -0.15) is 0 Å². The second-order valence-corrected chi connectivity index (χ2v) is 3.67. The van der Waals surface area contributed by atoms with Crippen LogP contribution in [-0.4, -0.2) is 12.6 Å². The average molecular weight is 196 g/mol. The number of nitrogens with one attached hydrogen (secondary N) is 1. The second-order valence-electron chi connectivity index (χ2n) is 2.97. The highest BCUT2D eigenvalue weighted by atomic mass is 35.5. The molecule has 1 atom stereocenters. The minimum Gasteiger partial charge on any atom is -0.309 e. The van der Waals surface area contributed by atoms with E-state index in [0.29, 0.717) is 23.5 Å². The van der Waals surface area contributed by atoms with E-state index >= 15 is 0 Å². The van der Waals surface area contributed by atoms with Crippen LogP contribution in [0, 0.1) is 5.92 Å². The van der Waals surface area contributed by atoms with E-state index in [2.05, 4.69) is 26.1 Å². The first-order valence-electron chi connectivity index (χ1n) is 3.76. The summed E-state index contributed by atoms with van der Waals surface area (Å²) in [6.07, 6.45) is 0. The highest BCUT2D eigenvalue weighted by Crippen LogP contribution is 2.04. The van der Waals surface area contributed by atoms with Crippen molar-refractivity contribution in [3.8, 4) is 0 Å². The molecule has 0 aromatic rings. The Hall–Kier alpha value is 0.280. The van der Waals surface area contributed by atoms with E-state index in [0.717, 1.165) is 0 Å². The highest BCUT2D eigenvalue weighted by Gasteiger charge is 2.05. The van der Waals surface area contributed by atoms with Crippen LogP contribution >= 0.6 is 23.2 Å². The monoisotopic (exact) mass is 195 g/mol. The molecular weight excluding hydrogens is 181 g/mol. The van der Waals surface area contributed by atoms with Gasteiger partial charge in [0.05, 0.1) is 0 Å². The van der Waals surface area contributed by atoms with Gasteiger partial charge in [-0.3, -0.25) is 0 Å². The van der Waals surface area contributed by atoms with Crippen LogP contribution in [0.1, 0.15) is 20.8 Å². The smallest absolute Gasteiger partial charge is 0.0431 e. The van der Waals surface area contributed by atoms with Gasteiger partial charge >= 0.3 is 0 Å². The van der Waals surface area contributed by atoms with Crippen LogP contribution in [0.5, 0.6) is 0 Å². The van der Waals surface area contributed by atoms with Gasteiger partial charge < -0.3 is 5.32 Å². The summed E-state index contributed by atoms with van der Waals surface area (Å²) in [6.45, 7) is 7.11. The molecule has 66 valence electrons. The van der Waals surface area contributed by atoms with Crippen molar-refractivity contribution in [2.45, 2.75) is 26.8 Å². The zero-order chi connectivity index (χ0) is 8.85. The van der Waals surface area contributed by atoms with Crippen LogP contribution in [0.15, 0.2) is 10.6 Å². The van der Waals surface area contributed by atoms with Gasteiger partial charge in [0.25, 0.3) is 0 Å². The van der Waals surface area contributed by atoms with Crippen molar-refractivity contribution in [1.82, 2.24) is 5.32 Å². The van der Waals surface area contributed by atoms with E-state index in [-0.39, 0.29) is 0 Å². The summed E-state index contributed by atoms with van der Waals surface area (Å²) in [6, 6.07) is 0.473. The fourth-order valence-corrected chi connectivity index (χ4v) is 0.687. The van der Waals surface area contributed by atoms with Gasteiger partial charge in [-0.05, 0) is 12.8 Å². The first kappa shape index (κ1) is 11.3. The molecule has 0 aromatic heterocycles. The minimum absolute atomic E-state index is 0.473. The van der Waals surface area contributed by atoms with E-state index in [4.69, 9.17) is 23.2 Å². The van der Waals surface area contributed by atoms with Crippen molar-refractivity contribution in [2.24, 2.45) is 5.92 Å². The molecule has 0 aliphatic heterocycles. The Kier molecular flexibility index (Phi) is 6.02. The van der Waals surface area contributed by atoms with Crippen molar-refractivity contribution in [3.05, 3.63) is 10.6 Å². The van der Waals surface area contributed by atoms with Crippen LogP contribution in [0.4, 0.5) is 0 Å². The zero-order valence-corrected chi connectivity index (χ0v) is 8.71. The van der Waals surface area contributed by atoms with Gasteiger partial charge in [0.15, 0.2) is 0 Å². The number of halogens is 2. The summed E-state index contributed by atoms with van der Waals surface area (Å²) in [5.41, 5.74) is 1.39. The van der Waals surface area contributed by atoms with E-state index < -0.39 is 0 Å². The van der Waals surface area contributed by atoms with Gasteiger partial charge in [0, 0.05) is 23.2 Å². The first-order valence-corrected chi connectivity index (χ1v) is 4.57. The first-order chi connectivity index (χ1) is 5.07. The molecule has 3 heteroatoms. The summed E-state index contributed by atoms with van der Waals surface area (Å²) >= 11 is 11.1. The summed E-state index contributed by atoms with van der Waals surface area (Å²) < 4.78 is 0. The molecule has 1 unspecified atom stereocenters. The Morgan fingerprint density at radius 2 is 2.00 bits per heavy atom. The third-order valence-electron chi connectivity index (χ3n) is 1.71. The molecule has 0 aliphatic carbocycles. The van der Waals surface area contributed by atoms with Crippen molar-refractivity contribution in [1.29, 1.82) is 0 Å². The maximum absolute atomic E-state index is 5.68. The summed E-state index contributed by atoms with van der Waals surface area (Å²) in [5.74, 6) is 0.620. The molecule has 11 heavy (non-hydrogen) atoms. The Morgan fingerprint density at radius 3 is 2.36 bits per heavy atom. The highest BCUT2D eigenvalue weighted by molar-refractivity contribution is 6.36. The van der Waals surface area contributed by atoms with Crippen molar-refractivity contribution in [2.75, 3.05) is 6.54 Å². The lowest BCUT2D eigenvalue weighted by molar-refractivity contribution is 0.444. The van der Waals surface area contributed by atoms with Gasteiger partial charge in [0.1, 0.15) is 0 Å². The maximum Gasteiger partial charge on any atom is 0.0431 e. The SMILES string of the molecule is CC(C)C(C)NCC(Cl)=CCl. The van der Waals surface area contributed by atoms with Gasteiger partial charge in [-0.15, -0.1) is 0 Å². The fourth-order valence-electron chi connectivity index (χ4n) is 0.533. The summed E-state index contributed by atoms with van der Waals surface area (Å²) in [5, 5.41) is 3.90. The molecular formula is C8H15Cl2N. The van der Waals surface area contributed by atoms with Crippen molar-refractivity contribution in [3.63, 3.8) is 0 Å². The van der Waals surface area contributed by atoms with Crippen molar-refractivity contribution >= 4 is 23.2 Å². The largest absolute Gasteiger partial charge is 0.309 e. The maximum atomic E-state index is 5.68. The molecule has 0 radical (unpaired) electrons. The topological polar surface area (TPSA) is 12.0 Å². The molecule has 0 heterocycles.